The topological polar surface area (TPSA) is 72.7 Å². The van der Waals surface area contributed by atoms with E-state index in [1.807, 2.05) is 36.0 Å². The Bertz CT molecular complexity index is 666. The minimum Gasteiger partial charge on any atom is -0.493 e. The molecule has 0 fully saturated rings. The van der Waals surface area contributed by atoms with Gasteiger partial charge in [-0.3, -0.25) is 9.67 Å². The summed E-state index contributed by atoms with van der Waals surface area (Å²) >= 11 is 0. The maximum Gasteiger partial charge on any atom is 0.191 e. The molecule has 0 bridgehead atoms. The van der Waals surface area contributed by atoms with E-state index < -0.39 is 0 Å². The van der Waals surface area contributed by atoms with Crippen LogP contribution in [-0.2, 0) is 20.1 Å². The summed E-state index contributed by atoms with van der Waals surface area (Å²) in [7, 11) is 6.91. The Kier molecular flexibility index (Phi) is 5.85. The van der Waals surface area contributed by atoms with E-state index in [9.17, 15) is 0 Å². The zero-order valence-corrected chi connectivity index (χ0v) is 14.0. The van der Waals surface area contributed by atoms with Crippen LogP contribution in [0.2, 0.25) is 0 Å². The van der Waals surface area contributed by atoms with E-state index in [0.717, 1.165) is 23.0 Å². The summed E-state index contributed by atoms with van der Waals surface area (Å²) in [6.07, 6.45) is 1.77. The number of ether oxygens (including phenoxy) is 2. The maximum atomic E-state index is 5.31. The number of aryl methyl sites for hydroxylation is 1. The number of benzene rings is 1. The molecule has 7 nitrogen and oxygen atoms in total. The molecule has 0 saturated heterocycles. The number of aliphatic imine (C=N–C) groups is 1. The van der Waals surface area contributed by atoms with Crippen molar-refractivity contribution in [1.29, 1.82) is 0 Å². The van der Waals surface area contributed by atoms with Gasteiger partial charge in [-0.05, 0) is 23.8 Å². The molecule has 0 radical (unpaired) electrons. The summed E-state index contributed by atoms with van der Waals surface area (Å²) in [5.41, 5.74) is 2.16. The highest BCUT2D eigenvalue weighted by molar-refractivity contribution is 5.79. The lowest BCUT2D eigenvalue weighted by atomic mass is 10.2. The molecule has 0 saturated carbocycles. The van der Waals surface area contributed by atoms with Gasteiger partial charge in [0.15, 0.2) is 17.5 Å². The van der Waals surface area contributed by atoms with Crippen LogP contribution in [0.25, 0.3) is 0 Å². The molecule has 0 aliphatic carbocycles. The third kappa shape index (κ3) is 4.38. The Hall–Kier alpha value is -2.70. The normalized spacial score (nSPS) is 11.2. The highest BCUT2D eigenvalue weighted by Crippen LogP contribution is 2.27. The van der Waals surface area contributed by atoms with E-state index in [1.54, 1.807) is 27.5 Å². The number of methoxy groups -OCH3 is 2. The Balaban J connectivity index is 1.91. The Morgan fingerprint density at radius 3 is 2.48 bits per heavy atom. The number of rotatable bonds is 6. The van der Waals surface area contributed by atoms with Gasteiger partial charge in [-0.25, -0.2) is 0 Å². The van der Waals surface area contributed by atoms with Gasteiger partial charge >= 0.3 is 0 Å². The smallest absolute Gasteiger partial charge is 0.191 e. The Labute approximate surface area is 136 Å². The fourth-order valence-corrected chi connectivity index (χ4v) is 2.15. The number of guanidine groups is 1. The first-order valence-electron chi connectivity index (χ1n) is 7.30. The highest BCUT2D eigenvalue weighted by Gasteiger charge is 2.06. The third-order valence-electron chi connectivity index (χ3n) is 3.49. The summed E-state index contributed by atoms with van der Waals surface area (Å²) in [5.74, 6) is 2.15. The van der Waals surface area contributed by atoms with Crippen LogP contribution in [0, 0.1) is 0 Å². The predicted octanol–water partition coefficient (Wildman–Crippen LogP) is 1.30. The minimum absolute atomic E-state index is 0.630. The second-order valence-corrected chi connectivity index (χ2v) is 4.91. The first-order valence-corrected chi connectivity index (χ1v) is 7.30. The molecule has 23 heavy (non-hydrogen) atoms. The van der Waals surface area contributed by atoms with Gasteiger partial charge in [0.05, 0.1) is 26.5 Å². The monoisotopic (exact) mass is 317 g/mol. The van der Waals surface area contributed by atoms with Crippen LogP contribution in [-0.4, -0.2) is 37.0 Å². The average Bonchev–Trinajstić information content (AvgIpc) is 2.99. The molecule has 124 valence electrons. The molecule has 0 aliphatic heterocycles. The van der Waals surface area contributed by atoms with Crippen molar-refractivity contribution in [3.8, 4) is 11.5 Å². The van der Waals surface area contributed by atoms with Crippen molar-refractivity contribution in [2.24, 2.45) is 12.0 Å². The third-order valence-corrected chi connectivity index (χ3v) is 3.49. The van der Waals surface area contributed by atoms with Crippen LogP contribution in [0.3, 0.4) is 0 Å². The van der Waals surface area contributed by atoms with E-state index in [2.05, 4.69) is 20.7 Å². The van der Waals surface area contributed by atoms with Gasteiger partial charge in [0, 0.05) is 26.8 Å². The fraction of sp³-hybridized carbons (Fsp3) is 0.375. The molecule has 0 spiro atoms. The van der Waals surface area contributed by atoms with Crippen LogP contribution in [0.1, 0.15) is 11.3 Å². The van der Waals surface area contributed by atoms with Crippen LogP contribution in [0.15, 0.2) is 35.5 Å². The van der Waals surface area contributed by atoms with Crippen LogP contribution in [0.4, 0.5) is 0 Å². The summed E-state index contributed by atoms with van der Waals surface area (Å²) < 4.78 is 12.4. The van der Waals surface area contributed by atoms with Crippen LogP contribution in [0.5, 0.6) is 11.5 Å². The fourth-order valence-electron chi connectivity index (χ4n) is 2.15. The first-order chi connectivity index (χ1) is 11.2. The van der Waals surface area contributed by atoms with Crippen molar-refractivity contribution >= 4 is 5.96 Å². The second kappa shape index (κ2) is 8.07. The van der Waals surface area contributed by atoms with Gasteiger partial charge in [0.1, 0.15) is 0 Å². The predicted molar refractivity (Wildman–Crippen MR) is 89.8 cm³/mol. The van der Waals surface area contributed by atoms with Crippen molar-refractivity contribution in [3.05, 3.63) is 41.7 Å². The number of hydrogen-bond donors (Lipinski definition) is 2. The lowest BCUT2D eigenvalue weighted by Gasteiger charge is -2.13. The highest BCUT2D eigenvalue weighted by atomic mass is 16.5. The zero-order valence-electron chi connectivity index (χ0n) is 14.0. The molecule has 0 amide bonds. The van der Waals surface area contributed by atoms with Crippen molar-refractivity contribution in [1.82, 2.24) is 20.4 Å². The Morgan fingerprint density at radius 2 is 1.87 bits per heavy atom. The lowest BCUT2D eigenvalue weighted by Crippen LogP contribution is -2.36. The van der Waals surface area contributed by atoms with E-state index >= 15 is 0 Å². The molecule has 0 aliphatic rings. The minimum atomic E-state index is 0.630. The average molecular weight is 317 g/mol. The van der Waals surface area contributed by atoms with Gasteiger partial charge in [0.2, 0.25) is 0 Å². The summed E-state index contributed by atoms with van der Waals surface area (Å²) in [4.78, 5) is 4.22. The van der Waals surface area contributed by atoms with E-state index in [0.29, 0.717) is 18.8 Å². The van der Waals surface area contributed by atoms with Crippen molar-refractivity contribution < 1.29 is 9.47 Å². The first kappa shape index (κ1) is 16.7. The van der Waals surface area contributed by atoms with Crippen LogP contribution < -0.4 is 20.1 Å². The van der Waals surface area contributed by atoms with Gasteiger partial charge in [-0.1, -0.05) is 6.07 Å². The summed E-state index contributed by atoms with van der Waals surface area (Å²) in [6, 6.07) is 7.79. The van der Waals surface area contributed by atoms with E-state index in [4.69, 9.17) is 9.47 Å². The van der Waals surface area contributed by atoms with Gasteiger partial charge in [0.25, 0.3) is 0 Å². The molecule has 0 unspecified atom stereocenters. The van der Waals surface area contributed by atoms with Crippen molar-refractivity contribution in [3.63, 3.8) is 0 Å². The molecular formula is C16H23N5O2. The largest absolute Gasteiger partial charge is 0.493 e. The SMILES string of the molecule is CN=C(NCc1ccc(OC)c(OC)c1)NCc1ccnn1C. The van der Waals surface area contributed by atoms with E-state index in [-0.39, 0.29) is 0 Å². The van der Waals surface area contributed by atoms with Crippen molar-refractivity contribution in [2.75, 3.05) is 21.3 Å². The molecule has 2 N–H and O–H groups in total. The molecule has 1 heterocycles. The number of hydrogen-bond acceptors (Lipinski definition) is 4. The molecular weight excluding hydrogens is 294 g/mol. The summed E-state index contributed by atoms with van der Waals surface area (Å²) in [6.45, 7) is 1.29. The lowest BCUT2D eigenvalue weighted by molar-refractivity contribution is 0.354. The Morgan fingerprint density at radius 1 is 1.13 bits per heavy atom. The molecule has 1 aromatic heterocycles. The number of nitrogens with one attached hydrogen (secondary N) is 2. The molecule has 2 aromatic rings. The van der Waals surface area contributed by atoms with E-state index in [1.165, 1.54) is 0 Å². The quantitative estimate of drug-likeness (QED) is 0.621. The van der Waals surface area contributed by atoms with Crippen molar-refractivity contribution in [2.45, 2.75) is 13.1 Å². The standard InChI is InChI=1S/C16H23N5O2/c1-17-16(19-11-13-7-8-20-21(13)2)18-10-12-5-6-14(22-3)15(9-12)23-4/h5-9H,10-11H2,1-4H3,(H2,17,18,19). The van der Waals surface area contributed by atoms with Crippen LogP contribution >= 0.6 is 0 Å². The molecule has 7 heteroatoms. The zero-order chi connectivity index (χ0) is 16.7. The second-order valence-electron chi connectivity index (χ2n) is 4.91. The molecule has 0 atom stereocenters. The number of nitrogens with zero attached hydrogens (tertiary/aromatic N) is 3. The maximum absolute atomic E-state index is 5.31. The van der Waals surface area contributed by atoms with Gasteiger partial charge in [-0.2, -0.15) is 5.10 Å². The molecule has 2 rings (SSSR count). The van der Waals surface area contributed by atoms with Gasteiger partial charge in [-0.15, -0.1) is 0 Å². The molecule has 1 aromatic carbocycles. The summed E-state index contributed by atoms with van der Waals surface area (Å²) in [5, 5.41) is 10.7. The van der Waals surface area contributed by atoms with Gasteiger partial charge < -0.3 is 20.1 Å². The number of aromatic nitrogens is 2.